The van der Waals surface area contributed by atoms with Crippen molar-refractivity contribution in [3.05, 3.63) is 22.7 Å². The molecule has 2 nitrogen and oxygen atoms in total. The number of nitrogen functional groups attached to an aromatic ring is 1. The van der Waals surface area contributed by atoms with Gasteiger partial charge in [0.25, 0.3) is 0 Å². The van der Waals surface area contributed by atoms with E-state index in [0.717, 1.165) is 20.8 Å². The van der Waals surface area contributed by atoms with E-state index in [2.05, 4.69) is 22.0 Å². The quantitative estimate of drug-likeness (QED) is 0.611. The molecule has 110 valence electrons. The van der Waals surface area contributed by atoms with Crippen LogP contribution in [0.3, 0.4) is 0 Å². The summed E-state index contributed by atoms with van der Waals surface area (Å²) in [5.74, 6) is 1.02. The number of anilines is 1. The molecule has 1 saturated carbocycles. The average Bonchev–Trinajstić information content (AvgIpc) is 2.84. The van der Waals surface area contributed by atoms with E-state index in [1.807, 2.05) is 23.9 Å². The molecule has 0 aromatic heterocycles. The van der Waals surface area contributed by atoms with Crippen LogP contribution in [0.4, 0.5) is 5.69 Å². The Kier molecular flexibility index (Phi) is 4.63. The van der Waals surface area contributed by atoms with Gasteiger partial charge < -0.3 is 10.5 Å². The lowest BCUT2D eigenvalue weighted by molar-refractivity contribution is -0.0555. The third kappa shape index (κ3) is 3.34. The average molecular weight is 356 g/mol. The highest BCUT2D eigenvalue weighted by atomic mass is 79.9. The Morgan fingerprint density at radius 3 is 2.85 bits per heavy atom. The maximum atomic E-state index is 6.41. The molecule has 1 unspecified atom stereocenters. The van der Waals surface area contributed by atoms with Gasteiger partial charge >= 0.3 is 0 Å². The van der Waals surface area contributed by atoms with Crippen molar-refractivity contribution in [2.45, 2.75) is 61.5 Å². The molecule has 4 heteroatoms. The van der Waals surface area contributed by atoms with Gasteiger partial charge in [0.2, 0.25) is 0 Å². The largest absolute Gasteiger partial charge is 0.398 e. The highest BCUT2D eigenvalue weighted by Gasteiger charge is 2.40. The summed E-state index contributed by atoms with van der Waals surface area (Å²) in [6.07, 6.45) is 9.49. The van der Waals surface area contributed by atoms with Gasteiger partial charge in [0, 0.05) is 20.8 Å². The van der Waals surface area contributed by atoms with Crippen LogP contribution in [0, 0.1) is 0 Å². The molecule has 2 fully saturated rings. The minimum absolute atomic E-state index is 0.228. The number of benzene rings is 1. The minimum atomic E-state index is 0.228. The summed E-state index contributed by atoms with van der Waals surface area (Å²) < 4.78 is 7.50. The molecule has 2 N–H and O–H groups in total. The van der Waals surface area contributed by atoms with Crippen LogP contribution in [0.2, 0.25) is 0 Å². The molecule has 0 amide bonds. The van der Waals surface area contributed by atoms with Crippen LogP contribution in [-0.2, 0) is 4.74 Å². The Morgan fingerprint density at radius 2 is 2.05 bits per heavy atom. The lowest BCUT2D eigenvalue weighted by Gasteiger charge is -2.33. The number of nitrogens with two attached hydrogens (primary N) is 1. The second-order valence-electron chi connectivity index (χ2n) is 6.02. The number of halogens is 1. The molecule has 3 rings (SSSR count). The lowest BCUT2D eigenvalue weighted by atomic mass is 9.83. The van der Waals surface area contributed by atoms with Crippen LogP contribution in [0.15, 0.2) is 27.6 Å². The molecule has 0 bridgehead atoms. The molecular weight excluding hydrogens is 334 g/mol. The maximum Gasteiger partial charge on any atom is 0.0687 e. The van der Waals surface area contributed by atoms with Crippen molar-refractivity contribution < 1.29 is 4.74 Å². The Morgan fingerprint density at radius 1 is 1.25 bits per heavy atom. The van der Waals surface area contributed by atoms with Gasteiger partial charge in [0.1, 0.15) is 0 Å². The maximum absolute atomic E-state index is 6.41. The fourth-order valence-corrected chi connectivity index (χ4v) is 4.95. The summed E-state index contributed by atoms with van der Waals surface area (Å²) in [7, 11) is 0. The van der Waals surface area contributed by atoms with Crippen LogP contribution >= 0.6 is 27.7 Å². The van der Waals surface area contributed by atoms with Crippen LogP contribution < -0.4 is 5.73 Å². The van der Waals surface area contributed by atoms with Crippen LogP contribution in [0.25, 0.3) is 0 Å². The zero-order valence-corrected chi connectivity index (χ0v) is 14.1. The third-order valence-electron chi connectivity index (χ3n) is 4.50. The number of hydrogen-bond donors (Lipinski definition) is 1. The van der Waals surface area contributed by atoms with Crippen molar-refractivity contribution in [3.8, 4) is 0 Å². The predicted molar refractivity (Wildman–Crippen MR) is 89.2 cm³/mol. The standard InChI is InChI=1S/C16H22BrNOS/c17-12-4-5-14(18)15(10-12)20-11-13-6-9-16(19-13)7-2-1-3-8-16/h4-5,10,13H,1-3,6-9,11,18H2. The van der Waals surface area contributed by atoms with E-state index in [0.29, 0.717) is 6.10 Å². The first-order chi connectivity index (χ1) is 9.67. The van der Waals surface area contributed by atoms with E-state index in [1.165, 1.54) is 44.9 Å². The molecule has 20 heavy (non-hydrogen) atoms. The number of ether oxygens (including phenoxy) is 1. The SMILES string of the molecule is Nc1ccc(Br)cc1SCC1CCC2(CCCCC2)O1. The molecule has 1 heterocycles. The number of rotatable bonds is 3. The van der Waals surface area contributed by atoms with E-state index in [1.54, 1.807) is 0 Å². The smallest absolute Gasteiger partial charge is 0.0687 e. The van der Waals surface area contributed by atoms with Crippen molar-refractivity contribution in [1.29, 1.82) is 0 Å². The van der Waals surface area contributed by atoms with E-state index in [4.69, 9.17) is 10.5 Å². The van der Waals surface area contributed by atoms with Gasteiger partial charge in [-0.1, -0.05) is 35.2 Å². The molecule has 0 radical (unpaired) electrons. The molecular formula is C16H22BrNOS. The molecule has 1 aliphatic heterocycles. The van der Waals surface area contributed by atoms with Crippen molar-refractivity contribution in [2.75, 3.05) is 11.5 Å². The number of thioether (sulfide) groups is 1. The molecule has 1 saturated heterocycles. The zero-order valence-electron chi connectivity index (χ0n) is 11.7. The monoisotopic (exact) mass is 355 g/mol. The first-order valence-corrected chi connectivity index (χ1v) is 9.30. The normalized spacial score (nSPS) is 25.1. The molecule has 1 aliphatic carbocycles. The minimum Gasteiger partial charge on any atom is -0.398 e. The van der Waals surface area contributed by atoms with E-state index in [-0.39, 0.29) is 5.60 Å². The van der Waals surface area contributed by atoms with Gasteiger partial charge in [0.05, 0.1) is 11.7 Å². The van der Waals surface area contributed by atoms with Gasteiger partial charge in [-0.05, 0) is 43.9 Å². The van der Waals surface area contributed by atoms with Crippen molar-refractivity contribution in [1.82, 2.24) is 0 Å². The third-order valence-corrected chi connectivity index (χ3v) is 6.20. The molecule has 1 atom stereocenters. The highest BCUT2D eigenvalue weighted by Crippen LogP contribution is 2.43. The van der Waals surface area contributed by atoms with Gasteiger partial charge in [0.15, 0.2) is 0 Å². The van der Waals surface area contributed by atoms with Crippen LogP contribution in [0.5, 0.6) is 0 Å². The van der Waals surface area contributed by atoms with Crippen molar-refractivity contribution in [3.63, 3.8) is 0 Å². The summed E-state index contributed by atoms with van der Waals surface area (Å²) in [5.41, 5.74) is 7.12. The van der Waals surface area contributed by atoms with E-state index in [9.17, 15) is 0 Å². The van der Waals surface area contributed by atoms with E-state index >= 15 is 0 Å². The second-order valence-corrected chi connectivity index (χ2v) is 7.99. The summed E-state index contributed by atoms with van der Waals surface area (Å²) in [6.45, 7) is 0. The first-order valence-electron chi connectivity index (χ1n) is 7.53. The van der Waals surface area contributed by atoms with Gasteiger partial charge in [-0.15, -0.1) is 11.8 Å². The van der Waals surface area contributed by atoms with Crippen LogP contribution in [0.1, 0.15) is 44.9 Å². The molecule has 1 aromatic carbocycles. The lowest BCUT2D eigenvalue weighted by Crippen LogP contribution is -2.32. The topological polar surface area (TPSA) is 35.2 Å². The van der Waals surface area contributed by atoms with Gasteiger partial charge in [-0.2, -0.15) is 0 Å². The first kappa shape index (κ1) is 14.7. The van der Waals surface area contributed by atoms with Gasteiger partial charge in [-0.25, -0.2) is 0 Å². The molecule has 1 spiro atoms. The van der Waals surface area contributed by atoms with Crippen LogP contribution in [-0.4, -0.2) is 17.5 Å². The predicted octanol–water partition coefficient (Wildman–Crippen LogP) is 5.01. The van der Waals surface area contributed by atoms with Crippen molar-refractivity contribution >= 4 is 33.4 Å². The van der Waals surface area contributed by atoms with E-state index < -0.39 is 0 Å². The molecule has 1 aromatic rings. The molecule has 2 aliphatic rings. The Labute approximate surface area is 134 Å². The van der Waals surface area contributed by atoms with Crippen molar-refractivity contribution in [2.24, 2.45) is 0 Å². The number of hydrogen-bond acceptors (Lipinski definition) is 3. The fraction of sp³-hybridized carbons (Fsp3) is 0.625. The zero-order chi connectivity index (χ0) is 14.0. The Hall–Kier alpha value is -0.190. The summed E-state index contributed by atoms with van der Waals surface area (Å²) in [6, 6.07) is 6.05. The highest BCUT2D eigenvalue weighted by molar-refractivity contribution is 9.10. The van der Waals surface area contributed by atoms with Gasteiger partial charge in [-0.3, -0.25) is 0 Å². The summed E-state index contributed by atoms with van der Waals surface area (Å²) in [5, 5.41) is 0. The Balaban J connectivity index is 1.56. The fourth-order valence-electron chi connectivity index (χ4n) is 3.39. The summed E-state index contributed by atoms with van der Waals surface area (Å²) in [4.78, 5) is 1.16. The second kappa shape index (κ2) is 6.29. The Bertz CT molecular complexity index is 474. The summed E-state index contributed by atoms with van der Waals surface area (Å²) >= 11 is 5.33.